The smallest absolute Gasteiger partial charge is 0.173 e. The lowest BCUT2D eigenvalue weighted by Crippen LogP contribution is -2.21. The Morgan fingerprint density at radius 3 is 2.79 bits per heavy atom. The zero-order valence-electron chi connectivity index (χ0n) is 18.3. The van der Waals surface area contributed by atoms with Crippen LogP contribution in [0.4, 0.5) is 0 Å². The largest absolute Gasteiger partial charge is 0.319 e. The molecule has 0 bridgehead atoms. The molecule has 3 aromatic heterocycles. The van der Waals surface area contributed by atoms with Crippen molar-refractivity contribution in [1.29, 1.82) is 0 Å². The van der Waals surface area contributed by atoms with Gasteiger partial charge in [0.1, 0.15) is 0 Å². The van der Waals surface area contributed by atoms with Gasteiger partial charge < -0.3 is 4.57 Å². The van der Waals surface area contributed by atoms with Crippen molar-refractivity contribution in [3.63, 3.8) is 0 Å². The van der Waals surface area contributed by atoms with Gasteiger partial charge in [0.2, 0.25) is 0 Å². The van der Waals surface area contributed by atoms with Crippen LogP contribution in [-0.2, 0) is 0 Å². The van der Waals surface area contributed by atoms with Crippen molar-refractivity contribution in [2.75, 3.05) is 0 Å². The molecule has 0 spiro atoms. The van der Waals surface area contributed by atoms with Gasteiger partial charge in [-0.15, -0.1) is 22.7 Å². The second kappa shape index (κ2) is 9.60. The SMILES string of the molecule is CCC(=O)c1ccc2c(c1)nc(-c1nccs1)n2C1CCCC(CC(=O)c2ccc(Br)s2)C1. The Morgan fingerprint density at radius 1 is 1.18 bits per heavy atom. The first-order valence-electron chi connectivity index (χ1n) is 11.3. The van der Waals surface area contributed by atoms with Crippen molar-refractivity contribution >= 4 is 61.2 Å². The molecule has 5 nitrogen and oxygen atoms in total. The first-order chi connectivity index (χ1) is 16.0. The Balaban J connectivity index is 1.47. The lowest BCUT2D eigenvalue weighted by molar-refractivity contribution is 0.0944. The van der Waals surface area contributed by atoms with E-state index in [1.165, 1.54) is 11.3 Å². The van der Waals surface area contributed by atoms with Crippen molar-refractivity contribution in [3.05, 3.63) is 56.1 Å². The highest BCUT2D eigenvalue weighted by atomic mass is 79.9. The molecule has 3 heterocycles. The van der Waals surface area contributed by atoms with Crippen LogP contribution in [-0.4, -0.2) is 26.1 Å². The number of nitrogens with zero attached hydrogens (tertiary/aromatic N) is 3. The van der Waals surface area contributed by atoms with E-state index in [0.717, 1.165) is 56.2 Å². The zero-order valence-corrected chi connectivity index (χ0v) is 21.5. The third-order valence-corrected chi connectivity index (χ3v) is 8.83. The van der Waals surface area contributed by atoms with Crippen LogP contribution in [0.2, 0.25) is 0 Å². The number of halogens is 1. The number of hydrogen-bond donors (Lipinski definition) is 0. The number of thiophene rings is 1. The normalized spacial score (nSPS) is 18.6. The van der Waals surface area contributed by atoms with Crippen LogP contribution >= 0.6 is 38.6 Å². The second-order valence-electron chi connectivity index (χ2n) is 8.54. The fraction of sp³-hybridized carbons (Fsp3) is 0.360. The number of benzene rings is 1. The van der Waals surface area contributed by atoms with Gasteiger partial charge in [-0.05, 0) is 71.4 Å². The molecule has 0 amide bonds. The molecule has 170 valence electrons. The van der Waals surface area contributed by atoms with Gasteiger partial charge in [-0.2, -0.15) is 0 Å². The Labute approximate surface area is 209 Å². The molecule has 1 saturated carbocycles. The Hall–Kier alpha value is -2.16. The van der Waals surface area contributed by atoms with Crippen LogP contribution in [0.3, 0.4) is 0 Å². The summed E-state index contributed by atoms with van der Waals surface area (Å²) < 4.78 is 3.30. The summed E-state index contributed by atoms with van der Waals surface area (Å²) in [6.07, 6.45) is 7.01. The van der Waals surface area contributed by atoms with Crippen molar-refractivity contribution < 1.29 is 9.59 Å². The third kappa shape index (κ3) is 4.61. The Bertz CT molecular complexity index is 1310. The van der Waals surface area contributed by atoms with Crippen molar-refractivity contribution in [3.8, 4) is 10.8 Å². The monoisotopic (exact) mass is 541 g/mol. The molecule has 0 saturated heterocycles. The molecule has 1 fully saturated rings. The fourth-order valence-electron chi connectivity index (χ4n) is 4.84. The lowest BCUT2D eigenvalue weighted by atomic mass is 9.82. The summed E-state index contributed by atoms with van der Waals surface area (Å²) in [6, 6.07) is 9.96. The minimum atomic E-state index is 0.124. The van der Waals surface area contributed by atoms with Gasteiger partial charge in [-0.25, -0.2) is 9.97 Å². The van der Waals surface area contributed by atoms with Crippen LogP contribution < -0.4 is 0 Å². The minimum Gasteiger partial charge on any atom is -0.319 e. The predicted octanol–water partition coefficient (Wildman–Crippen LogP) is 7.58. The minimum absolute atomic E-state index is 0.124. The molecule has 0 aliphatic heterocycles. The molecule has 8 heteroatoms. The molecular formula is C25H24BrN3O2S2. The van der Waals surface area contributed by atoms with E-state index in [2.05, 4.69) is 25.5 Å². The topological polar surface area (TPSA) is 64.8 Å². The Kier molecular flexibility index (Phi) is 6.58. The van der Waals surface area contributed by atoms with Gasteiger partial charge in [0, 0.05) is 36.0 Å². The van der Waals surface area contributed by atoms with Crippen LogP contribution in [0.1, 0.15) is 71.5 Å². The molecule has 0 N–H and O–H groups in total. The summed E-state index contributed by atoms with van der Waals surface area (Å²) >= 11 is 6.55. The molecule has 1 aliphatic rings. The number of ketones is 2. The van der Waals surface area contributed by atoms with E-state index >= 15 is 0 Å². The number of fused-ring (bicyclic) bond motifs is 1. The van der Waals surface area contributed by atoms with Gasteiger partial charge in [-0.1, -0.05) is 13.3 Å². The summed E-state index contributed by atoms with van der Waals surface area (Å²) in [7, 11) is 0. The highest BCUT2D eigenvalue weighted by Gasteiger charge is 2.29. The van der Waals surface area contributed by atoms with Crippen LogP contribution in [0, 0.1) is 5.92 Å². The maximum Gasteiger partial charge on any atom is 0.173 e. The summed E-state index contributed by atoms with van der Waals surface area (Å²) in [5, 5.41) is 2.85. The highest BCUT2D eigenvalue weighted by molar-refractivity contribution is 9.11. The average Bonchev–Trinajstić information content (AvgIpc) is 3.57. The van der Waals surface area contributed by atoms with E-state index < -0.39 is 0 Å². The summed E-state index contributed by atoms with van der Waals surface area (Å²) in [6.45, 7) is 1.88. The number of aromatic nitrogens is 3. The number of imidazole rings is 1. The van der Waals surface area contributed by atoms with Gasteiger partial charge >= 0.3 is 0 Å². The number of hydrogen-bond acceptors (Lipinski definition) is 6. The first kappa shape index (κ1) is 22.6. The number of Topliss-reactive ketones (excluding diaryl/α,β-unsaturated/α-hetero) is 2. The summed E-state index contributed by atoms with van der Waals surface area (Å²) in [4.78, 5) is 35.4. The fourth-order valence-corrected chi connectivity index (χ4v) is 6.80. The number of carbonyl (C=O) groups excluding carboxylic acids is 2. The van der Waals surface area contributed by atoms with Crippen LogP contribution in [0.15, 0.2) is 45.7 Å². The van der Waals surface area contributed by atoms with Gasteiger partial charge in [0.25, 0.3) is 0 Å². The highest BCUT2D eigenvalue weighted by Crippen LogP contribution is 2.40. The molecule has 0 radical (unpaired) electrons. The van der Waals surface area contributed by atoms with E-state index in [1.54, 1.807) is 17.5 Å². The third-order valence-electron chi connectivity index (χ3n) is 6.40. The first-order valence-corrected chi connectivity index (χ1v) is 13.8. The van der Waals surface area contributed by atoms with E-state index in [4.69, 9.17) is 4.98 Å². The van der Waals surface area contributed by atoms with E-state index in [0.29, 0.717) is 24.3 Å². The summed E-state index contributed by atoms with van der Waals surface area (Å²) in [5.41, 5.74) is 2.57. The molecule has 1 aromatic carbocycles. The zero-order chi connectivity index (χ0) is 22.9. The van der Waals surface area contributed by atoms with Crippen LogP contribution in [0.25, 0.3) is 21.9 Å². The van der Waals surface area contributed by atoms with Crippen molar-refractivity contribution in [2.24, 2.45) is 5.92 Å². The number of rotatable bonds is 7. The van der Waals surface area contributed by atoms with E-state index in [1.807, 2.05) is 42.6 Å². The van der Waals surface area contributed by atoms with Gasteiger partial charge in [0.15, 0.2) is 22.4 Å². The number of carbonyl (C=O) groups is 2. The average molecular weight is 543 g/mol. The van der Waals surface area contributed by atoms with Crippen LogP contribution in [0.5, 0.6) is 0 Å². The lowest BCUT2D eigenvalue weighted by Gasteiger charge is -2.31. The quantitative estimate of drug-likeness (QED) is 0.226. The van der Waals surface area contributed by atoms with Crippen molar-refractivity contribution in [2.45, 2.75) is 51.5 Å². The second-order valence-corrected chi connectivity index (χ2v) is 11.9. The molecule has 33 heavy (non-hydrogen) atoms. The molecule has 4 aromatic rings. The maximum absolute atomic E-state index is 12.8. The Morgan fingerprint density at radius 2 is 2.06 bits per heavy atom. The standard InChI is InChI=1S/C25H24BrN3O2S2/c1-2-20(30)16-6-7-19-18(14-16)28-24(25-27-10-11-32-25)29(19)17-5-3-4-15(12-17)13-21(31)22-8-9-23(26)33-22/h6-11,14-15,17H,2-5,12-13H2,1H3. The van der Waals surface area contributed by atoms with Gasteiger partial charge in [0.05, 0.1) is 19.7 Å². The van der Waals surface area contributed by atoms with E-state index in [-0.39, 0.29) is 17.6 Å². The van der Waals surface area contributed by atoms with E-state index in [9.17, 15) is 9.59 Å². The number of thiazole rings is 1. The van der Waals surface area contributed by atoms with Crippen molar-refractivity contribution in [1.82, 2.24) is 14.5 Å². The molecule has 2 unspecified atom stereocenters. The molecule has 2 atom stereocenters. The maximum atomic E-state index is 12.8. The van der Waals surface area contributed by atoms with Gasteiger partial charge in [-0.3, -0.25) is 9.59 Å². The predicted molar refractivity (Wildman–Crippen MR) is 137 cm³/mol. The molecule has 1 aliphatic carbocycles. The molecule has 5 rings (SSSR count). The summed E-state index contributed by atoms with van der Waals surface area (Å²) in [5.74, 6) is 1.56. The molecular weight excluding hydrogens is 518 g/mol.